The topological polar surface area (TPSA) is 9.23 Å². The molecular formula is C25H48OSi4. The standard InChI is InChI=1S/C25H48OSi4/c1-19-15-20(2)24(21(3)16-19)25(17-22(4)23(5)18-25)30(28(9,10)11,29(12,13)14)26-27(6,7)8/h15-16H,17-18H2,1-14H3. The van der Waals surface area contributed by atoms with Crippen molar-refractivity contribution in [1.82, 2.24) is 0 Å². The fourth-order valence-corrected chi connectivity index (χ4v) is 69.5. The minimum Gasteiger partial charge on any atom is -0.459 e. The van der Waals surface area contributed by atoms with E-state index in [9.17, 15) is 0 Å². The summed E-state index contributed by atoms with van der Waals surface area (Å²) in [6, 6.07) is 4.88. The van der Waals surface area contributed by atoms with Gasteiger partial charge in [0, 0.05) is 5.04 Å². The molecule has 0 aromatic heterocycles. The van der Waals surface area contributed by atoms with Gasteiger partial charge in [-0.3, -0.25) is 0 Å². The molecule has 0 spiro atoms. The van der Waals surface area contributed by atoms with Crippen LogP contribution < -0.4 is 0 Å². The molecule has 1 aliphatic carbocycles. The van der Waals surface area contributed by atoms with E-state index in [0.29, 0.717) is 0 Å². The van der Waals surface area contributed by atoms with E-state index in [0.717, 1.165) is 0 Å². The summed E-state index contributed by atoms with van der Waals surface area (Å²) in [6.07, 6.45) is 2.43. The molecule has 1 aromatic rings. The molecule has 0 aliphatic heterocycles. The summed E-state index contributed by atoms with van der Waals surface area (Å²) in [5.41, 5.74) is 9.32. The summed E-state index contributed by atoms with van der Waals surface area (Å²) in [7, 11) is -7.16. The van der Waals surface area contributed by atoms with Gasteiger partial charge in [0.25, 0.3) is 0 Å². The van der Waals surface area contributed by atoms with Crippen LogP contribution in [0.2, 0.25) is 58.9 Å². The van der Waals surface area contributed by atoms with Crippen LogP contribution in [0.5, 0.6) is 0 Å². The van der Waals surface area contributed by atoms with E-state index in [4.69, 9.17) is 4.12 Å². The Morgan fingerprint density at radius 2 is 1.03 bits per heavy atom. The lowest BCUT2D eigenvalue weighted by Crippen LogP contribution is -2.84. The molecular weight excluding hydrogens is 429 g/mol. The van der Waals surface area contributed by atoms with Crippen LogP contribution >= 0.6 is 0 Å². The monoisotopic (exact) mass is 476 g/mol. The molecule has 1 aliphatic rings. The second kappa shape index (κ2) is 7.98. The Balaban J connectivity index is 3.08. The van der Waals surface area contributed by atoms with Crippen LogP contribution in [-0.2, 0) is 9.15 Å². The summed E-state index contributed by atoms with van der Waals surface area (Å²) >= 11 is 0. The zero-order valence-electron chi connectivity index (χ0n) is 22.5. The van der Waals surface area contributed by atoms with Crippen molar-refractivity contribution in [3.05, 3.63) is 45.5 Å². The number of rotatable bonds is 6. The Bertz CT molecular complexity index is 796. The minimum atomic E-state index is -2.16. The molecule has 2 rings (SSSR count). The molecule has 0 heterocycles. The molecule has 0 amide bonds. The van der Waals surface area contributed by atoms with Gasteiger partial charge in [-0.05, 0) is 83.8 Å². The Morgan fingerprint density at radius 3 is 1.33 bits per heavy atom. The highest BCUT2D eigenvalue weighted by Crippen LogP contribution is 2.57. The third kappa shape index (κ3) is 4.21. The summed E-state index contributed by atoms with van der Waals surface area (Å²) < 4.78 is 7.81. The van der Waals surface area contributed by atoms with Crippen molar-refractivity contribution in [2.75, 3.05) is 0 Å². The molecule has 5 heteroatoms. The Morgan fingerprint density at radius 1 is 0.667 bits per heavy atom. The number of aryl methyl sites for hydroxylation is 3. The summed E-state index contributed by atoms with van der Waals surface area (Å²) in [5.74, 6) is 0. The molecule has 170 valence electrons. The van der Waals surface area contributed by atoms with E-state index in [1.54, 1.807) is 16.7 Å². The van der Waals surface area contributed by atoms with Crippen molar-refractivity contribution < 1.29 is 4.12 Å². The SMILES string of the molecule is CC1=C(C)CC(c2c(C)cc(C)cc2C)([Si](O[Si](C)(C)C)([Si](C)(C)C)[Si](C)(C)C)C1. The van der Waals surface area contributed by atoms with Crippen LogP contribution in [0.3, 0.4) is 0 Å². The van der Waals surface area contributed by atoms with Crippen LogP contribution in [0.15, 0.2) is 23.3 Å². The lowest BCUT2D eigenvalue weighted by Gasteiger charge is -2.62. The van der Waals surface area contributed by atoms with Crippen LogP contribution in [0.25, 0.3) is 0 Å². The Kier molecular flexibility index (Phi) is 6.92. The highest BCUT2D eigenvalue weighted by molar-refractivity contribution is 7.68. The highest BCUT2D eigenvalue weighted by Gasteiger charge is 2.70. The van der Waals surface area contributed by atoms with E-state index in [2.05, 4.69) is 106 Å². The number of hydrogen-bond donors (Lipinski definition) is 0. The predicted molar refractivity (Wildman–Crippen MR) is 147 cm³/mol. The van der Waals surface area contributed by atoms with Gasteiger partial charge in [-0.25, -0.2) is 0 Å². The van der Waals surface area contributed by atoms with E-state index < -0.39 is 30.9 Å². The van der Waals surface area contributed by atoms with Gasteiger partial charge in [-0.1, -0.05) is 68.1 Å². The predicted octanol–water partition coefficient (Wildman–Crippen LogP) is 8.15. The Hall–Kier alpha value is -0.212. The van der Waals surface area contributed by atoms with Gasteiger partial charge in [0.1, 0.15) is 0 Å². The van der Waals surface area contributed by atoms with Crippen LogP contribution in [-0.4, -0.2) is 30.9 Å². The van der Waals surface area contributed by atoms with Crippen LogP contribution in [0.1, 0.15) is 48.9 Å². The number of allylic oxidation sites excluding steroid dienone is 2. The van der Waals surface area contributed by atoms with Gasteiger partial charge in [-0.2, -0.15) is 0 Å². The van der Waals surface area contributed by atoms with Crippen molar-refractivity contribution in [2.45, 2.75) is 111 Å². The largest absolute Gasteiger partial charge is 0.459 e. The van der Waals surface area contributed by atoms with Crippen LogP contribution in [0, 0.1) is 20.8 Å². The first-order valence-corrected chi connectivity index (χ1v) is 26.0. The van der Waals surface area contributed by atoms with Gasteiger partial charge in [0.15, 0.2) is 15.7 Å². The molecule has 1 nitrogen and oxygen atoms in total. The third-order valence-electron chi connectivity index (χ3n) is 7.26. The molecule has 30 heavy (non-hydrogen) atoms. The summed E-state index contributed by atoms with van der Waals surface area (Å²) in [5, 5.41) is 0.193. The van der Waals surface area contributed by atoms with Crippen molar-refractivity contribution in [1.29, 1.82) is 0 Å². The second-order valence-electron chi connectivity index (χ2n) is 13.2. The van der Waals surface area contributed by atoms with E-state index in [1.165, 1.54) is 29.5 Å². The van der Waals surface area contributed by atoms with Gasteiger partial charge in [0.2, 0.25) is 0 Å². The smallest absolute Gasteiger partial charge is 0.169 e. The zero-order valence-corrected chi connectivity index (χ0v) is 26.5. The second-order valence-corrected chi connectivity index (χ2v) is 44.3. The fourth-order valence-electron chi connectivity index (χ4n) is 7.23. The van der Waals surface area contributed by atoms with Crippen molar-refractivity contribution in [2.24, 2.45) is 0 Å². The normalized spacial score (nSPS) is 18.3. The first-order valence-electron chi connectivity index (χ1n) is 11.7. The fraction of sp³-hybridized carbons (Fsp3) is 0.680. The molecule has 0 N–H and O–H groups in total. The van der Waals surface area contributed by atoms with Crippen molar-refractivity contribution in [3.8, 4) is 0 Å². The van der Waals surface area contributed by atoms with Crippen molar-refractivity contribution >= 4 is 30.9 Å². The molecule has 0 saturated heterocycles. The maximum Gasteiger partial charge on any atom is 0.169 e. The molecule has 0 unspecified atom stereocenters. The first-order chi connectivity index (χ1) is 13.3. The molecule has 0 fully saturated rings. The molecule has 0 atom stereocenters. The molecule has 0 radical (unpaired) electrons. The average Bonchev–Trinajstić information content (AvgIpc) is 2.76. The quantitative estimate of drug-likeness (QED) is 0.297. The Labute approximate surface area is 191 Å². The van der Waals surface area contributed by atoms with Gasteiger partial charge < -0.3 is 4.12 Å². The van der Waals surface area contributed by atoms with E-state index in [-0.39, 0.29) is 5.04 Å². The van der Waals surface area contributed by atoms with E-state index >= 15 is 0 Å². The maximum absolute atomic E-state index is 7.81. The minimum absolute atomic E-state index is 0.193. The first kappa shape index (κ1) is 26.0. The number of benzene rings is 1. The average molecular weight is 477 g/mol. The summed E-state index contributed by atoms with van der Waals surface area (Å²) in [6.45, 7) is 35.1. The summed E-state index contributed by atoms with van der Waals surface area (Å²) in [4.78, 5) is 0. The van der Waals surface area contributed by atoms with Gasteiger partial charge in [-0.15, -0.1) is 0 Å². The zero-order chi connectivity index (χ0) is 23.5. The van der Waals surface area contributed by atoms with Gasteiger partial charge >= 0.3 is 0 Å². The van der Waals surface area contributed by atoms with E-state index in [1.807, 2.05) is 0 Å². The lowest BCUT2D eigenvalue weighted by molar-refractivity contribution is 0.480. The third-order valence-corrected chi connectivity index (χ3v) is 48.0. The molecule has 1 aromatic carbocycles. The maximum atomic E-state index is 7.81. The lowest BCUT2D eigenvalue weighted by atomic mass is 9.86. The molecule has 0 bridgehead atoms. The van der Waals surface area contributed by atoms with Crippen molar-refractivity contribution in [3.63, 3.8) is 0 Å². The number of hydrogen-bond acceptors (Lipinski definition) is 1. The van der Waals surface area contributed by atoms with Crippen LogP contribution in [0.4, 0.5) is 0 Å². The molecule has 0 saturated carbocycles. The van der Waals surface area contributed by atoms with Gasteiger partial charge in [0.05, 0.1) is 15.2 Å². The highest BCUT2D eigenvalue weighted by atomic mass is 29.7.